The first kappa shape index (κ1) is 20.3. The molecule has 2 aromatic rings. The number of aryl methyl sites for hydroxylation is 1. The van der Waals surface area contributed by atoms with Crippen molar-refractivity contribution in [2.75, 3.05) is 13.1 Å². The standard InChI is InChI=1S/C18H19ClFNO4S2/c1-13-2-3-14(19)12-18(13)27(24,25)21-10-8-17(9-11-21)26(22,23)16-6-4-15(20)5-7-16/h2-7,12,17H,8-11H2,1H3. The number of sulfone groups is 1. The van der Waals surface area contributed by atoms with Gasteiger partial charge in [-0.2, -0.15) is 4.31 Å². The lowest BCUT2D eigenvalue weighted by Gasteiger charge is -2.31. The zero-order valence-corrected chi connectivity index (χ0v) is 17.0. The monoisotopic (exact) mass is 431 g/mol. The number of rotatable bonds is 4. The third kappa shape index (κ3) is 4.03. The lowest BCUT2D eigenvalue weighted by molar-refractivity contribution is 0.345. The molecule has 146 valence electrons. The van der Waals surface area contributed by atoms with Crippen molar-refractivity contribution in [3.63, 3.8) is 0 Å². The first-order valence-corrected chi connectivity index (χ1v) is 11.7. The van der Waals surface area contributed by atoms with Crippen molar-refractivity contribution in [1.82, 2.24) is 4.31 Å². The fourth-order valence-corrected chi connectivity index (χ4v) is 6.88. The van der Waals surface area contributed by atoms with Gasteiger partial charge in [0.25, 0.3) is 0 Å². The molecule has 0 N–H and O–H groups in total. The average molecular weight is 432 g/mol. The van der Waals surface area contributed by atoms with Crippen molar-refractivity contribution < 1.29 is 21.2 Å². The molecule has 1 saturated heterocycles. The van der Waals surface area contributed by atoms with E-state index in [1.807, 2.05) is 0 Å². The van der Waals surface area contributed by atoms with Gasteiger partial charge in [0.15, 0.2) is 9.84 Å². The van der Waals surface area contributed by atoms with E-state index in [0.717, 1.165) is 12.1 Å². The summed E-state index contributed by atoms with van der Waals surface area (Å²) in [6, 6.07) is 9.36. The SMILES string of the molecule is Cc1ccc(Cl)cc1S(=O)(=O)N1CCC(S(=O)(=O)c2ccc(F)cc2)CC1. The second-order valence-corrected chi connectivity index (χ2v) is 11.1. The number of nitrogens with zero attached hydrogens (tertiary/aromatic N) is 1. The van der Waals surface area contributed by atoms with Crippen LogP contribution in [0.5, 0.6) is 0 Å². The number of halogens is 2. The van der Waals surface area contributed by atoms with Gasteiger partial charge in [0.2, 0.25) is 10.0 Å². The molecule has 5 nitrogen and oxygen atoms in total. The van der Waals surface area contributed by atoms with Gasteiger partial charge < -0.3 is 0 Å². The van der Waals surface area contributed by atoms with E-state index in [9.17, 15) is 21.2 Å². The van der Waals surface area contributed by atoms with E-state index >= 15 is 0 Å². The fourth-order valence-electron chi connectivity index (χ4n) is 3.19. The molecule has 0 spiro atoms. The highest BCUT2D eigenvalue weighted by molar-refractivity contribution is 7.92. The van der Waals surface area contributed by atoms with Gasteiger partial charge in [0.05, 0.1) is 15.0 Å². The molecule has 1 heterocycles. The summed E-state index contributed by atoms with van der Waals surface area (Å²) in [6.07, 6.45) is 0.358. The molecule has 0 bridgehead atoms. The highest BCUT2D eigenvalue weighted by Gasteiger charge is 2.36. The molecule has 0 aromatic heterocycles. The Morgan fingerprint density at radius 1 is 1.00 bits per heavy atom. The lowest BCUT2D eigenvalue weighted by atomic mass is 10.2. The van der Waals surface area contributed by atoms with Gasteiger partial charge >= 0.3 is 0 Å². The smallest absolute Gasteiger partial charge is 0.223 e. The van der Waals surface area contributed by atoms with Crippen LogP contribution in [-0.4, -0.2) is 39.5 Å². The van der Waals surface area contributed by atoms with Gasteiger partial charge in [-0.15, -0.1) is 0 Å². The second-order valence-electron chi connectivity index (χ2n) is 6.51. The minimum absolute atomic E-state index is 0.0518. The zero-order chi connectivity index (χ0) is 19.8. The van der Waals surface area contributed by atoms with Crippen LogP contribution >= 0.6 is 11.6 Å². The Kier molecular flexibility index (Phi) is 5.63. The third-order valence-corrected chi connectivity index (χ3v) is 9.30. The van der Waals surface area contributed by atoms with Crippen LogP contribution in [0.2, 0.25) is 5.02 Å². The quantitative estimate of drug-likeness (QED) is 0.695. The molecule has 0 radical (unpaired) electrons. The van der Waals surface area contributed by atoms with E-state index in [1.165, 1.54) is 22.5 Å². The fraction of sp³-hybridized carbons (Fsp3) is 0.333. The molecule has 1 fully saturated rings. The third-order valence-electron chi connectivity index (χ3n) is 4.75. The predicted molar refractivity (Wildman–Crippen MR) is 102 cm³/mol. The number of benzene rings is 2. The molecule has 1 aliphatic heterocycles. The largest absolute Gasteiger partial charge is 0.243 e. The minimum atomic E-state index is -3.75. The summed E-state index contributed by atoms with van der Waals surface area (Å²) in [7, 11) is -7.39. The van der Waals surface area contributed by atoms with Gasteiger partial charge in [0.1, 0.15) is 5.82 Å². The molecule has 9 heteroatoms. The van der Waals surface area contributed by atoms with Gasteiger partial charge in [-0.25, -0.2) is 21.2 Å². The Morgan fingerprint density at radius 2 is 1.59 bits per heavy atom. The summed E-state index contributed by atoms with van der Waals surface area (Å²) in [5.74, 6) is -0.508. The van der Waals surface area contributed by atoms with Crippen LogP contribution in [0.15, 0.2) is 52.3 Å². The Morgan fingerprint density at radius 3 is 2.19 bits per heavy atom. The van der Waals surface area contributed by atoms with Crippen molar-refractivity contribution >= 4 is 31.5 Å². The van der Waals surface area contributed by atoms with Gasteiger partial charge in [-0.3, -0.25) is 0 Å². The normalized spacial score (nSPS) is 17.1. The Bertz CT molecular complexity index is 1050. The maximum Gasteiger partial charge on any atom is 0.243 e. The van der Waals surface area contributed by atoms with Gasteiger partial charge in [0, 0.05) is 18.1 Å². The van der Waals surface area contributed by atoms with Gasteiger partial charge in [-0.05, 0) is 61.7 Å². The highest BCUT2D eigenvalue weighted by atomic mass is 35.5. The maximum absolute atomic E-state index is 13.0. The van der Waals surface area contributed by atoms with E-state index in [2.05, 4.69) is 0 Å². The van der Waals surface area contributed by atoms with Crippen LogP contribution in [0.3, 0.4) is 0 Å². The van der Waals surface area contributed by atoms with Crippen LogP contribution in [0.1, 0.15) is 18.4 Å². The number of sulfonamides is 1. The van der Waals surface area contributed by atoms with Crippen molar-refractivity contribution in [3.05, 3.63) is 58.9 Å². The van der Waals surface area contributed by atoms with E-state index in [4.69, 9.17) is 11.6 Å². The molecule has 0 saturated carbocycles. The molecular weight excluding hydrogens is 413 g/mol. The maximum atomic E-state index is 13.0. The Labute approximate surface area is 163 Å². The van der Waals surface area contributed by atoms with E-state index < -0.39 is 30.9 Å². The summed E-state index contributed by atoms with van der Waals surface area (Å²) < 4.78 is 65.6. The van der Waals surface area contributed by atoms with Crippen LogP contribution in [0.25, 0.3) is 0 Å². The minimum Gasteiger partial charge on any atom is -0.223 e. The van der Waals surface area contributed by atoms with Crippen LogP contribution < -0.4 is 0 Å². The van der Waals surface area contributed by atoms with Crippen molar-refractivity contribution in [1.29, 1.82) is 0 Å². The Hall–Kier alpha value is -1.48. The molecule has 0 unspecified atom stereocenters. The molecule has 1 aliphatic rings. The topological polar surface area (TPSA) is 71.5 Å². The number of hydrogen-bond donors (Lipinski definition) is 0. The summed E-state index contributed by atoms with van der Waals surface area (Å²) in [4.78, 5) is 0.186. The van der Waals surface area contributed by atoms with Crippen LogP contribution in [0.4, 0.5) is 4.39 Å². The van der Waals surface area contributed by atoms with Crippen LogP contribution in [-0.2, 0) is 19.9 Å². The molecular formula is C18H19ClFNO4S2. The lowest BCUT2D eigenvalue weighted by Crippen LogP contribution is -2.42. The first-order chi connectivity index (χ1) is 12.6. The Balaban J connectivity index is 1.78. The van der Waals surface area contributed by atoms with E-state index in [-0.39, 0.29) is 35.7 Å². The van der Waals surface area contributed by atoms with Crippen molar-refractivity contribution in [2.45, 2.75) is 34.8 Å². The summed E-state index contributed by atoms with van der Waals surface area (Å²) in [5, 5.41) is -0.372. The van der Waals surface area contributed by atoms with Crippen LogP contribution in [0, 0.1) is 12.7 Å². The highest BCUT2D eigenvalue weighted by Crippen LogP contribution is 2.29. The predicted octanol–water partition coefficient (Wildman–Crippen LogP) is 3.41. The molecule has 0 aliphatic carbocycles. The van der Waals surface area contributed by atoms with E-state index in [0.29, 0.717) is 10.6 Å². The molecule has 0 atom stereocenters. The van der Waals surface area contributed by atoms with Crippen molar-refractivity contribution in [3.8, 4) is 0 Å². The van der Waals surface area contributed by atoms with Gasteiger partial charge in [-0.1, -0.05) is 17.7 Å². The molecule has 27 heavy (non-hydrogen) atoms. The summed E-state index contributed by atoms with van der Waals surface area (Å²) >= 11 is 5.93. The number of hydrogen-bond acceptors (Lipinski definition) is 4. The first-order valence-electron chi connectivity index (χ1n) is 8.38. The zero-order valence-electron chi connectivity index (χ0n) is 14.6. The van der Waals surface area contributed by atoms with E-state index in [1.54, 1.807) is 19.1 Å². The molecule has 3 rings (SSSR count). The van der Waals surface area contributed by atoms with Crippen molar-refractivity contribution in [2.24, 2.45) is 0 Å². The molecule has 2 aromatic carbocycles. The number of piperidine rings is 1. The average Bonchev–Trinajstić information content (AvgIpc) is 2.64. The second kappa shape index (κ2) is 7.50. The molecule has 0 amide bonds. The summed E-state index contributed by atoms with van der Waals surface area (Å²) in [6.45, 7) is 1.88. The summed E-state index contributed by atoms with van der Waals surface area (Å²) in [5.41, 5.74) is 0.584.